The average Bonchev–Trinajstić information content (AvgIpc) is 2.48. The zero-order valence-electron chi connectivity index (χ0n) is 8.23. The molecule has 4 nitrogen and oxygen atoms in total. The van der Waals surface area contributed by atoms with Gasteiger partial charge in [-0.15, -0.1) is 0 Å². The van der Waals surface area contributed by atoms with Crippen LogP contribution in [0.1, 0.15) is 13.8 Å². The van der Waals surface area contributed by atoms with Crippen LogP contribution in [-0.2, 0) is 6.54 Å². The van der Waals surface area contributed by atoms with Gasteiger partial charge in [0, 0.05) is 13.1 Å². The molecule has 0 aliphatic heterocycles. The normalized spacial score (nSPS) is 10.8. The Morgan fingerprint density at radius 1 is 1.62 bits per heavy atom. The van der Waals surface area contributed by atoms with E-state index < -0.39 is 0 Å². The second-order valence-electron chi connectivity index (χ2n) is 3.43. The van der Waals surface area contributed by atoms with Crippen LogP contribution in [0.25, 0.3) is 0 Å². The van der Waals surface area contributed by atoms with Crippen molar-refractivity contribution in [3.05, 3.63) is 12.4 Å². The number of ether oxygens (including phenoxy) is 1. The summed E-state index contributed by atoms with van der Waals surface area (Å²) >= 11 is 0. The predicted molar refractivity (Wildman–Crippen MR) is 51.6 cm³/mol. The third-order valence-electron chi connectivity index (χ3n) is 1.55. The van der Waals surface area contributed by atoms with Gasteiger partial charge in [-0.05, 0) is 5.92 Å². The quantitative estimate of drug-likeness (QED) is 0.737. The van der Waals surface area contributed by atoms with E-state index in [0.717, 1.165) is 12.3 Å². The Bertz CT molecular complexity index is 245. The van der Waals surface area contributed by atoms with E-state index in [2.05, 4.69) is 18.9 Å². The molecule has 2 N–H and O–H groups in total. The Kier molecular flexibility index (Phi) is 3.76. The Morgan fingerprint density at radius 2 is 2.38 bits per heavy atom. The van der Waals surface area contributed by atoms with Gasteiger partial charge in [0.2, 0.25) is 0 Å². The zero-order valence-corrected chi connectivity index (χ0v) is 8.23. The van der Waals surface area contributed by atoms with Crippen LogP contribution < -0.4 is 10.5 Å². The fourth-order valence-corrected chi connectivity index (χ4v) is 1.07. The van der Waals surface area contributed by atoms with Crippen molar-refractivity contribution in [2.45, 2.75) is 20.4 Å². The molecule has 0 saturated heterocycles. The van der Waals surface area contributed by atoms with E-state index in [-0.39, 0.29) is 0 Å². The molecule has 0 fully saturated rings. The molecule has 0 atom stereocenters. The van der Waals surface area contributed by atoms with Crippen LogP contribution in [0.3, 0.4) is 0 Å². The molecule has 13 heavy (non-hydrogen) atoms. The SMILES string of the molecule is CC(C)Cn1cc(OCCN)cn1. The van der Waals surface area contributed by atoms with E-state index in [4.69, 9.17) is 10.5 Å². The second kappa shape index (κ2) is 4.87. The summed E-state index contributed by atoms with van der Waals surface area (Å²) in [5.41, 5.74) is 5.31. The maximum Gasteiger partial charge on any atom is 0.157 e. The standard InChI is InChI=1S/C9H17N3O/c1-8(2)6-12-7-9(5-11-12)13-4-3-10/h5,7-8H,3-4,6,10H2,1-2H3. The summed E-state index contributed by atoms with van der Waals surface area (Å²) in [6, 6.07) is 0. The monoisotopic (exact) mass is 183 g/mol. The minimum absolute atomic E-state index is 0.537. The van der Waals surface area contributed by atoms with Crippen molar-refractivity contribution in [1.29, 1.82) is 0 Å². The van der Waals surface area contributed by atoms with Gasteiger partial charge in [0.15, 0.2) is 5.75 Å². The minimum atomic E-state index is 0.537. The Balaban J connectivity index is 2.44. The number of nitrogens with two attached hydrogens (primary N) is 1. The molecule has 0 radical (unpaired) electrons. The summed E-state index contributed by atoms with van der Waals surface area (Å²) in [6.07, 6.45) is 3.62. The van der Waals surface area contributed by atoms with Crippen molar-refractivity contribution in [2.75, 3.05) is 13.2 Å². The van der Waals surface area contributed by atoms with Crippen LogP contribution in [0.4, 0.5) is 0 Å². The van der Waals surface area contributed by atoms with E-state index in [1.807, 2.05) is 10.9 Å². The first kappa shape index (κ1) is 10.1. The topological polar surface area (TPSA) is 53.1 Å². The fraction of sp³-hybridized carbons (Fsp3) is 0.667. The third kappa shape index (κ3) is 3.46. The van der Waals surface area contributed by atoms with E-state index in [1.165, 1.54) is 0 Å². The zero-order chi connectivity index (χ0) is 9.68. The molecule has 74 valence electrons. The molecule has 0 aliphatic rings. The minimum Gasteiger partial charge on any atom is -0.489 e. The van der Waals surface area contributed by atoms with Crippen LogP contribution in [0.2, 0.25) is 0 Å². The summed E-state index contributed by atoms with van der Waals surface area (Å²) in [4.78, 5) is 0. The van der Waals surface area contributed by atoms with E-state index >= 15 is 0 Å². The number of rotatable bonds is 5. The highest BCUT2D eigenvalue weighted by Crippen LogP contribution is 2.09. The number of hydrogen-bond donors (Lipinski definition) is 1. The number of nitrogens with zero attached hydrogens (tertiary/aromatic N) is 2. The molecule has 0 spiro atoms. The van der Waals surface area contributed by atoms with Crippen LogP contribution in [0, 0.1) is 5.92 Å². The van der Waals surface area contributed by atoms with Gasteiger partial charge in [-0.1, -0.05) is 13.8 Å². The highest BCUT2D eigenvalue weighted by atomic mass is 16.5. The van der Waals surface area contributed by atoms with E-state index in [1.54, 1.807) is 6.20 Å². The number of hydrogen-bond acceptors (Lipinski definition) is 3. The maximum atomic E-state index is 5.31. The first-order valence-corrected chi connectivity index (χ1v) is 4.57. The lowest BCUT2D eigenvalue weighted by Gasteiger charge is -2.03. The molecular formula is C9H17N3O. The van der Waals surface area contributed by atoms with Gasteiger partial charge in [-0.25, -0.2) is 0 Å². The van der Waals surface area contributed by atoms with Gasteiger partial charge >= 0.3 is 0 Å². The van der Waals surface area contributed by atoms with E-state index in [0.29, 0.717) is 19.1 Å². The molecule has 0 amide bonds. The lowest BCUT2D eigenvalue weighted by Crippen LogP contribution is -2.10. The summed E-state index contributed by atoms with van der Waals surface area (Å²) in [7, 11) is 0. The molecule has 1 rings (SSSR count). The van der Waals surface area contributed by atoms with Gasteiger partial charge in [-0.2, -0.15) is 5.10 Å². The first-order valence-electron chi connectivity index (χ1n) is 4.57. The van der Waals surface area contributed by atoms with Crippen molar-refractivity contribution < 1.29 is 4.74 Å². The Labute approximate surface area is 78.7 Å². The lowest BCUT2D eigenvalue weighted by molar-refractivity contribution is 0.327. The Hall–Kier alpha value is -1.03. The van der Waals surface area contributed by atoms with Crippen LogP contribution in [0.5, 0.6) is 5.75 Å². The van der Waals surface area contributed by atoms with Gasteiger partial charge < -0.3 is 10.5 Å². The molecule has 0 aliphatic carbocycles. The number of aromatic nitrogens is 2. The van der Waals surface area contributed by atoms with Crippen molar-refractivity contribution in [1.82, 2.24) is 9.78 Å². The van der Waals surface area contributed by atoms with Crippen LogP contribution >= 0.6 is 0 Å². The molecule has 1 heterocycles. The van der Waals surface area contributed by atoms with Gasteiger partial charge in [-0.3, -0.25) is 4.68 Å². The van der Waals surface area contributed by atoms with Crippen LogP contribution in [0.15, 0.2) is 12.4 Å². The smallest absolute Gasteiger partial charge is 0.157 e. The van der Waals surface area contributed by atoms with Gasteiger partial charge in [0.1, 0.15) is 6.61 Å². The van der Waals surface area contributed by atoms with Crippen LogP contribution in [-0.4, -0.2) is 22.9 Å². The average molecular weight is 183 g/mol. The molecule has 1 aromatic heterocycles. The molecule has 0 saturated carbocycles. The van der Waals surface area contributed by atoms with Crippen molar-refractivity contribution in [3.63, 3.8) is 0 Å². The molecule has 0 aromatic carbocycles. The molecular weight excluding hydrogens is 166 g/mol. The Morgan fingerprint density at radius 3 is 3.00 bits per heavy atom. The summed E-state index contributed by atoms with van der Waals surface area (Å²) in [5.74, 6) is 1.40. The molecule has 0 bridgehead atoms. The van der Waals surface area contributed by atoms with E-state index in [9.17, 15) is 0 Å². The summed E-state index contributed by atoms with van der Waals surface area (Å²) in [6.45, 7) is 6.32. The summed E-state index contributed by atoms with van der Waals surface area (Å²) in [5, 5.41) is 4.16. The first-order chi connectivity index (χ1) is 6.22. The maximum absolute atomic E-state index is 5.31. The van der Waals surface area contributed by atoms with Gasteiger partial charge in [0.05, 0.1) is 12.4 Å². The third-order valence-corrected chi connectivity index (χ3v) is 1.55. The highest BCUT2D eigenvalue weighted by molar-refractivity contribution is 5.11. The fourth-order valence-electron chi connectivity index (χ4n) is 1.07. The second-order valence-corrected chi connectivity index (χ2v) is 3.43. The van der Waals surface area contributed by atoms with Crippen molar-refractivity contribution in [2.24, 2.45) is 11.7 Å². The lowest BCUT2D eigenvalue weighted by atomic mass is 10.2. The van der Waals surface area contributed by atoms with Crippen molar-refractivity contribution >= 4 is 0 Å². The van der Waals surface area contributed by atoms with Gasteiger partial charge in [0.25, 0.3) is 0 Å². The largest absolute Gasteiger partial charge is 0.489 e. The highest BCUT2D eigenvalue weighted by Gasteiger charge is 2.00. The molecule has 1 aromatic rings. The molecule has 0 unspecified atom stereocenters. The predicted octanol–water partition coefficient (Wildman–Crippen LogP) is 0.877. The molecule has 4 heteroatoms. The van der Waals surface area contributed by atoms with Crippen molar-refractivity contribution in [3.8, 4) is 5.75 Å². The summed E-state index contributed by atoms with van der Waals surface area (Å²) < 4.78 is 7.19.